The van der Waals surface area contributed by atoms with Crippen molar-refractivity contribution in [2.75, 3.05) is 0 Å². The van der Waals surface area contributed by atoms with E-state index in [1.165, 1.54) is 0 Å². The Morgan fingerprint density at radius 2 is 2.16 bits per heavy atom. The lowest BCUT2D eigenvalue weighted by Gasteiger charge is -2.11. The van der Waals surface area contributed by atoms with Gasteiger partial charge in [-0.25, -0.2) is 0 Å². The number of carboxylic acid groups (broad SMARTS) is 1. The number of benzene rings is 1. The van der Waals surface area contributed by atoms with Crippen molar-refractivity contribution in [1.82, 2.24) is 4.57 Å². The highest BCUT2D eigenvalue weighted by molar-refractivity contribution is 5.99. The van der Waals surface area contributed by atoms with Crippen molar-refractivity contribution < 1.29 is 9.90 Å². The fourth-order valence-electron chi connectivity index (χ4n) is 2.28. The van der Waals surface area contributed by atoms with Crippen LogP contribution in [-0.4, -0.2) is 21.5 Å². The van der Waals surface area contributed by atoms with Crippen LogP contribution in [-0.2, 0) is 11.3 Å². The first-order valence-electron chi connectivity index (χ1n) is 6.16. The Balaban J connectivity index is 2.68. The summed E-state index contributed by atoms with van der Waals surface area (Å²) in [6.45, 7) is 4.32. The molecular weight excluding hydrogens is 242 g/mol. The van der Waals surface area contributed by atoms with Gasteiger partial charge >= 0.3 is 5.97 Å². The van der Waals surface area contributed by atoms with Gasteiger partial charge in [0.1, 0.15) is 5.84 Å². The van der Waals surface area contributed by atoms with E-state index in [0.29, 0.717) is 12.1 Å². The Hall–Kier alpha value is -2.30. The van der Waals surface area contributed by atoms with E-state index in [4.69, 9.17) is 16.2 Å². The SMILES string of the molecule is CCn1c(C(C)C(=O)O)cc2ccc(C(=N)N)cc21. The minimum Gasteiger partial charge on any atom is -0.481 e. The third-order valence-corrected chi connectivity index (χ3v) is 3.38. The van der Waals surface area contributed by atoms with Crippen LogP contribution in [0.5, 0.6) is 0 Å². The first-order chi connectivity index (χ1) is 8.95. The topological polar surface area (TPSA) is 92.1 Å². The maximum Gasteiger partial charge on any atom is 0.312 e. The summed E-state index contributed by atoms with van der Waals surface area (Å²) < 4.78 is 1.96. The lowest BCUT2D eigenvalue weighted by Crippen LogP contribution is -2.13. The van der Waals surface area contributed by atoms with Gasteiger partial charge in [0.05, 0.1) is 5.92 Å². The molecule has 0 saturated heterocycles. The van der Waals surface area contributed by atoms with E-state index in [1.54, 1.807) is 13.0 Å². The summed E-state index contributed by atoms with van der Waals surface area (Å²) in [5.74, 6) is -1.39. The monoisotopic (exact) mass is 259 g/mol. The number of nitrogens with zero attached hydrogens (tertiary/aromatic N) is 1. The number of hydrogen-bond acceptors (Lipinski definition) is 2. The van der Waals surface area contributed by atoms with Crippen molar-refractivity contribution >= 4 is 22.7 Å². The molecule has 0 radical (unpaired) electrons. The zero-order valence-corrected chi connectivity index (χ0v) is 11.0. The van der Waals surface area contributed by atoms with Crippen LogP contribution < -0.4 is 5.73 Å². The normalized spacial score (nSPS) is 12.5. The molecule has 19 heavy (non-hydrogen) atoms. The van der Waals surface area contributed by atoms with E-state index in [2.05, 4.69) is 0 Å². The van der Waals surface area contributed by atoms with Crippen molar-refractivity contribution in [2.24, 2.45) is 5.73 Å². The van der Waals surface area contributed by atoms with Crippen molar-refractivity contribution in [3.63, 3.8) is 0 Å². The van der Waals surface area contributed by atoms with Gasteiger partial charge in [-0.3, -0.25) is 10.2 Å². The maximum absolute atomic E-state index is 11.2. The second kappa shape index (κ2) is 4.76. The van der Waals surface area contributed by atoms with Gasteiger partial charge in [0.25, 0.3) is 0 Å². The molecule has 100 valence electrons. The number of fused-ring (bicyclic) bond motifs is 1. The number of nitrogens with one attached hydrogen (secondary N) is 1. The predicted molar refractivity (Wildman–Crippen MR) is 74.7 cm³/mol. The molecule has 1 aromatic carbocycles. The van der Waals surface area contributed by atoms with Crippen LogP contribution in [0.4, 0.5) is 0 Å². The number of aliphatic carboxylic acids is 1. The average molecular weight is 259 g/mol. The van der Waals surface area contributed by atoms with Crippen LogP contribution in [0.3, 0.4) is 0 Å². The number of aryl methyl sites for hydroxylation is 1. The zero-order chi connectivity index (χ0) is 14.2. The van der Waals surface area contributed by atoms with Crippen LogP contribution in [0.2, 0.25) is 0 Å². The number of hydrogen-bond donors (Lipinski definition) is 3. The highest BCUT2D eigenvalue weighted by Crippen LogP contribution is 2.26. The van der Waals surface area contributed by atoms with Gasteiger partial charge < -0.3 is 15.4 Å². The molecule has 1 heterocycles. The molecule has 2 aromatic rings. The summed E-state index contributed by atoms with van der Waals surface area (Å²) >= 11 is 0. The van der Waals surface area contributed by atoms with E-state index in [1.807, 2.05) is 29.7 Å². The number of aromatic nitrogens is 1. The number of nitrogens with two attached hydrogens (primary N) is 1. The number of rotatable bonds is 4. The lowest BCUT2D eigenvalue weighted by atomic mass is 10.1. The van der Waals surface area contributed by atoms with Gasteiger partial charge in [-0.2, -0.15) is 0 Å². The minimum absolute atomic E-state index is 0.0126. The third kappa shape index (κ3) is 2.19. The molecular formula is C14H17N3O2. The molecule has 0 fully saturated rings. The van der Waals surface area contributed by atoms with Gasteiger partial charge in [-0.05, 0) is 31.4 Å². The third-order valence-electron chi connectivity index (χ3n) is 3.38. The van der Waals surface area contributed by atoms with Gasteiger partial charge in [0.2, 0.25) is 0 Å². The minimum atomic E-state index is -0.843. The van der Waals surface area contributed by atoms with Crippen LogP contribution in [0.1, 0.15) is 31.0 Å². The largest absolute Gasteiger partial charge is 0.481 e. The molecule has 0 amide bonds. The van der Waals surface area contributed by atoms with E-state index in [9.17, 15) is 4.79 Å². The van der Waals surface area contributed by atoms with Crippen LogP contribution in [0.25, 0.3) is 10.9 Å². The molecule has 2 rings (SSSR count). The maximum atomic E-state index is 11.2. The van der Waals surface area contributed by atoms with Gasteiger partial charge in [-0.1, -0.05) is 12.1 Å². The number of carbonyl (C=O) groups is 1. The smallest absolute Gasteiger partial charge is 0.312 e. The van der Waals surface area contributed by atoms with E-state index < -0.39 is 11.9 Å². The molecule has 4 N–H and O–H groups in total. The summed E-state index contributed by atoms with van der Waals surface area (Å²) in [5, 5.41) is 17.6. The predicted octanol–water partition coefficient (Wildman–Crippen LogP) is 2.13. The van der Waals surface area contributed by atoms with Gasteiger partial charge in [0, 0.05) is 23.3 Å². The Morgan fingerprint density at radius 3 is 2.68 bits per heavy atom. The molecule has 0 saturated carbocycles. The molecule has 1 atom stereocenters. The molecule has 0 aliphatic rings. The first kappa shape index (κ1) is 13.1. The second-order valence-electron chi connectivity index (χ2n) is 4.56. The number of carboxylic acids is 1. The number of nitrogen functional groups attached to an aromatic ring is 1. The molecule has 1 aromatic heterocycles. The van der Waals surface area contributed by atoms with E-state index in [-0.39, 0.29) is 5.84 Å². The van der Waals surface area contributed by atoms with Crippen molar-refractivity contribution in [1.29, 1.82) is 5.41 Å². The highest BCUT2D eigenvalue weighted by atomic mass is 16.4. The van der Waals surface area contributed by atoms with Crippen molar-refractivity contribution in [3.05, 3.63) is 35.5 Å². The quantitative estimate of drug-likeness (QED) is 0.580. The van der Waals surface area contributed by atoms with E-state index in [0.717, 1.165) is 16.6 Å². The molecule has 0 aliphatic carbocycles. The lowest BCUT2D eigenvalue weighted by molar-refractivity contribution is -0.138. The summed E-state index contributed by atoms with van der Waals surface area (Å²) in [6, 6.07) is 7.37. The molecule has 0 spiro atoms. The fraction of sp³-hybridized carbons (Fsp3) is 0.286. The van der Waals surface area contributed by atoms with Crippen LogP contribution in [0.15, 0.2) is 24.3 Å². The summed E-state index contributed by atoms with van der Waals surface area (Å²) in [7, 11) is 0. The molecule has 0 bridgehead atoms. The summed E-state index contributed by atoms with van der Waals surface area (Å²) in [6.07, 6.45) is 0. The zero-order valence-electron chi connectivity index (χ0n) is 11.0. The summed E-state index contributed by atoms with van der Waals surface area (Å²) in [5.41, 5.74) is 7.82. The molecule has 5 nitrogen and oxygen atoms in total. The average Bonchev–Trinajstić information content (AvgIpc) is 2.74. The number of amidine groups is 1. The fourth-order valence-corrected chi connectivity index (χ4v) is 2.28. The van der Waals surface area contributed by atoms with E-state index >= 15 is 0 Å². The first-order valence-corrected chi connectivity index (χ1v) is 6.16. The van der Waals surface area contributed by atoms with Gasteiger partial charge in [-0.15, -0.1) is 0 Å². The highest BCUT2D eigenvalue weighted by Gasteiger charge is 2.19. The second-order valence-corrected chi connectivity index (χ2v) is 4.56. The van der Waals surface area contributed by atoms with Gasteiger partial charge in [0.15, 0.2) is 0 Å². The van der Waals surface area contributed by atoms with Crippen molar-refractivity contribution in [2.45, 2.75) is 26.3 Å². The van der Waals surface area contributed by atoms with Crippen LogP contribution >= 0.6 is 0 Å². The van der Waals surface area contributed by atoms with Crippen LogP contribution in [0, 0.1) is 5.41 Å². The molecule has 1 unspecified atom stereocenters. The molecule has 5 heteroatoms. The standard InChI is InChI=1S/C14H17N3O2/c1-3-17-11(8(2)14(18)19)6-9-4-5-10(13(15)16)7-12(9)17/h4-8H,3H2,1-2H3,(H3,15,16)(H,18,19). The Morgan fingerprint density at radius 1 is 1.47 bits per heavy atom. The Bertz CT molecular complexity index is 658. The Labute approximate surface area is 111 Å². The molecule has 0 aliphatic heterocycles. The Kier molecular flexibility index (Phi) is 3.29. The van der Waals surface area contributed by atoms with Crippen molar-refractivity contribution in [3.8, 4) is 0 Å². The summed E-state index contributed by atoms with van der Waals surface area (Å²) in [4.78, 5) is 11.2.